The monoisotopic (exact) mass is 225 g/mol. The van der Waals surface area contributed by atoms with Crippen LogP contribution < -0.4 is 0 Å². The van der Waals surface area contributed by atoms with Crippen molar-refractivity contribution in [3.63, 3.8) is 0 Å². The average Bonchev–Trinajstić information content (AvgIpc) is 2.38. The molecule has 0 aliphatic heterocycles. The molecule has 1 nitrogen and oxygen atoms in total. The summed E-state index contributed by atoms with van der Waals surface area (Å²) in [5, 5.41) is 9.00. The molecule has 0 saturated carbocycles. The van der Waals surface area contributed by atoms with E-state index in [0.717, 1.165) is 12.0 Å². The summed E-state index contributed by atoms with van der Waals surface area (Å²) < 4.78 is 13.5. The Hall–Kier alpha value is -2.14. The van der Waals surface area contributed by atoms with E-state index in [2.05, 4.69) is 6.92 Å². The molecule has 0 fully saturated rings. The van der Waals surface area contributed by atoms with Gasteiger partial charge in [0.05, 0.1) is 5.56 Å². The Morgan fingerprint density at radius 3 is 2.65 bits per heavy atom. The predicted octanol–water partition coefficient (Wildman–Crippen LogP) is 3.93. The first kappa shape index (κ1) is 11.3. The van der Waals surface area contributed by atoms with E-state index in [9.17, 15) is 4.39 Å². The summed E-state index contributed by atoms with van der Waals surface area (Å²) in [7, 11) is 0. The fourth-order valence-electron chi connectivity index (χ4n) is 1.84. The number of rotatable bonds is 2. The Morgan fingerprint density at radius 2 is 1.94 bits per heavy atom. The number of halogens is 1. The van der Waals surface area contributed by atoms with Gasteiger partial charge in [-0.2, -0.15) is 5.26 Å². The van der Waals surface area contributed by atoms with Crippen LogP contribution in [0.4, 0.5) is 4.39 Å². The molecular formula is C15H12FN. The highest BCUT2D eigenvalue weighted by Crippen LogP contribution is 2.26. The smallest absolute Gasteiger partial charge is 0.141 e. The molecule has 0 N–H and O–H groups in total. The van der Waals surface area contributed by atoms with Gasteiger partial charge >= 0.3 is 0 Å². The summed E-state index contributed by atoms with van der Waals surface area (Å²) in [5.74, 6) is -0.466. The van der Waals surface area contributed by atoms with Crippen LogP contribution >= 0.6 is 0 Å². The second-order valence-electron chi connectivity index (χ2n) is 3.83. The molecule has 0 aliphatic carbocycles. The van der Waals surface area contributed by atoms with Crippen LogP contribution in [0.1, 0.15) is 18.1 Å². The van der Waals surface area contributed by atoms with E-state index in [1.54, 1.807) is 12.1 Å². The standard InChI is InChI=1S/C15H12FN/c1-2-11-5-3-6-12(9-11)13-7-4-8-15(16)14(13)10-17/h3-9H,2H2,1H3. The average molecular weight is 225 g/mol. The Labute approximate surface area is 100 Å². The molecule has 17 heavy (non-hydrogen) atoms. The number of hydrogen-bond donors (Lipinski definition) is 0. The van der Waals surface area contributed by atoms with Crippen LogP contribution in [0.25, 0.3) is 11.1 Å². The lowest BCUT2D eigenvalue weighted by atomic mass is 9.98. The van der Waals surface area contributed by atoms with Crippen molar-refractivity contribution < 1.29 is 4.39 Å². The summed E-state index contributed by atoms with van der Waals surface area (Å²) in [4.78, 5) is 0. The van der Waals surface area contributed by atoms with Gasteiger partial charge in [-0.3, -0.25) is 0 Å². The third-order valence-corrected chi connectivity index (χ3v) is 2.77. The Morgan fingerprint density at radius 1 is 1.18 bits per heavy atom. The van der Waals surface area contributed by atoms with Crippen LogP contribution in [0.5, 0.6) is 0 Å². The van der Waals surface area contributed by atoms with Crippen LogP contribution in [-0.2, 0) is 6.42 Å². The van der Waals surface area contributed by atoms with Gasteiger partial charge in [-0.05, 0) is 23.6 Å². The zero-order valence-electron chi connectivity index (χ0n) is 9.57. The molecule has 0 saturated heterocycles. The van der Waals surface area contributed by atoms with E-state index in [-0.39, 0.29) is 5.56 Å². The van der Waals surface area contributed by atoms with Gasteiger partial charge in [-0.15, -0.1) is 0 Å². The van der Waals surface area contributed by atoms with E-state index in [0.29, 0.717) is 5.56 Å². The molecule has 2 rings (SSSR count). The van der Waals surface area contributed by atoms with Crippen molar-refractivity contribution in [2.45, 2.75) is 13.3 Å². The highest BCUT2D eigenvalue weighted by molar-refractivity contribution is 5.71. The highest BCUT2D eigenvalue weighted by atomic mass is 19.1. The van der Waals surface area contributed by atoms with Crippen molar-refractivity contribution >= 4 is 0 Å². The van der Waals surface area contributed by atoms with Gasteiger partial charge in [0.1, 0.15) is 11.9 Å². The number of nitriles is 1. The van der Waals surface area contributed by atoms with Crippen molar-refractivity contribution in [3.8, 4) is 17.2 Å². The molecule has 0 amide bonds. The van der Waals surface area contributed by atoms with Crippen LogP contribution in [0.2, 0.25) is 0 Å². The first-order valence-corrected chi connectivity index (χ1v) is 5.54. The van der Waals surface area contributed by atoms with Gasteiger partial charge in [-0.25, -0.2) is 4.39 Å². The molecule has 0 bridgehead atoms. The second kappa shape index (κ2) is 4.80. The minimum absolute atomic E-state index is 0.112. The molecule has 0 aromatic heterocycles. The van der Waals surface area contributed by atoms with E-state index >= 15 is 0 Å². The van der Waals surface area contributed by atoms with E-state index in [1.165, 1.54) is 11.6 Å². The van der Waals surface area contributed by atoms with Crippen molar-refractivity contribution in [3.05, 3.63) is 59.4 Å². The quantitative estimate of drug-likeness (QED) is 0.759. The molecule has 0 heterocycles. The molecule has 2 heteroatoms. The Balaban J connectivity index is 2.61. The fraction of sp³-hybridized carbons (Fsp3) is 0.133. The summed E-state index contributed by atoms with van der Waals surface area (Å²) in [6.07, 6.45) is 0.922. The van der Waals surface area contributed by atoms with Crippen molar-refractivity contribution in [1.29, 1.82) is 5.26 Å². The predicted molar refractivity (Wildman–Crippen MR) is 65.9 cm³/mol. The normalized spacial score (nSPS) is 9.94. The molecule has 0 unspecified atom stereocenters. The fourth-order valence-corrected chi connectivity index (χ4v) is 1.84. The number of benzene rings is 2. The zero-order chi connectivity index (χ0) is 12.3. The number of nitrogens with zero attached hydrogens (tertiary/aromatic N) is 1. The van der Waals surface area contributed by atoms with Gasteiger partial charge in [0.2, 0.25) is 0 Å². The van der Waals surface area contributed by atoms with Crippen molar-refractivity contribution in [2.75, 3.05) is 0 Å². The summed E-state index contributed by atoms with van der Waals surface area (Å²) in [6.45, 7) is 2.07. The van der Waals surface area contributed by atoms with Crippen LogP contribution in [0, 0.1) is 17.1 Å². The molecule has 2 aromatic carbocycles. The highest BCUT2D eigenvalue weighted by Gasteiger charge is 2.09. The van der Waals surface area contributed by atoms with E-state index < -0.39 is 5.82 Å². The SMILES string of the molecule is CCc1cccc(-c2cccc(F)c2C#N)c1. The minimum Gasteiger partial charge on any atom is -0.206 e. The maximum Gasteiger partial charge on any atom is 0.141 e. The summed E-state index contributed by atoms with van der Waals surface area (Å²) in [5.41, 5.74) is 2.83. The first-order chi connectivity index (χ1) is 8.26. The molecule has 0 spiro atoms. The maximum absolute atomic E-state index is 13.5. The minimum atomic E-state index is -0.466. The van der Waals surface area contributed by atoms with Gasteiger partial charge in [0.15, 0.2) is 0 Å². The molecule has 0 radical (unpaired) electrons. The molecule has 0 aliphatic rings. The summed E-state index contributed by atoms with van der Waals surface area (Å²) in [6, 6.07) is 14.5. The van der Waals surface area contributed by atoms with Crippen LogP contribution in [0.15, 0.2) is 42.5 Å². The van der Waals surface area contributed by atoms with Gasteiger partial charge in [-0.1, -0.05) is 43.3 Å². The zero-order valence-corrected chi connectivity index (χ0v) is 9.57. The van der Waals surface area contributed by atoms with Gasteiger partial charge < -0.3 is 0 Å². The molecule has 84 valence electrons. The second-order valence-corrected chi connectivity index (χ2v) is 3.83. The lowest BCUT2D eigenvalue weighted by Crippen LogP contribution is -1.90. The topological polar surface area (TPSA) is 23.8 Å². The van der Waals surface area contributed by atoms with Crippen molar-refractivity contribution in [2.24, 2.45) is 0 Å². The largest absolute Gasteiger partial charge is 0.206 e. The van der Waals surface area contributed by atoms with E-state index in [4.69, 9.17) is 5.26 Å². The third kappa shape index (κ3) is 2.19. The van der Waals surface area contributed by atoms with Gasteiger partial charge in [0.25, 0.3) is 0 Å². The molecule has 0 atom stereocenters. The van der Waals surface area contributed by atoms with Crippen LogP contribution in [0.3, 0.4) is 0 Å². The first-order valence-electron chi connectivity index (χ1n) is 5.54. The van der Waals surface area contributed by atoms with Crippen molar-refractivity contribution in [1.82, 2.24) is 0 Å². The van der Waals surface area contributed by atoms with Crippen LogP contribution in [-0.4, -0.2) is 0 Å². The lowest BCUT2D eigenvalue weighted by molar-refractivity contribution is 0.624. The Bertz CT molecular complexity index is 582. The maximum atomic E-state index is 13.5. The number of hydrogen-bond acceptors (Lipinski definition) is 1. The molecular weight excluding hydrogens is 213 g/mol. The molecule has 2 aromatic rings. The van der Waals surface area contributed by atoms with Gasteiger partial charge in [0, 0.05) is 5.56 Å². The summed E-state index contributed by atoms with van der Waals surface area (Å²) >= 11 is 0. The third-order valence-electron chi connectivity index (χ3n) is 2.77. The lowest BCUT2D eigenvalue weighted by Gasteiger charge is -2.06. The van der Waals surface area contributed by atoms with E-state index in [1.807, 2.05) is 30.3 Å². The Kier molecular flexibility index (Phi) is 3.20. The number of aryl methyl sites for hydroxylation is 1.